The maximum Gasteiger partial charge on any atom is 0.573 e. The molecule has 1 amide bonds. The second-order valence-corrected chi connectivity index (χ2v) is 12.2. The predicted molar refractivity (Wildman–Crippen MR) is 146 cm³/mol. The molecule has 1 saturated heterocycles. The van der Waals surface area contributed by atoms with Crippen LogP contribution in [0.1, 0.15) is 13.0 Å². The van der Waals surface area contributed by atoms with Crippen molar-refractivity contribution in [3.8, 4) is 5.75 Å². The lowest BCUT2D eigenvalue weighted by Gasteiger charge is -2.42. The number of rotatable bonds is 5. The number of aromatic nitrogens is 1. The molecule has 0 saturated carbocycles. The molecule has 3 aromatic carbocycles. The smallest absolute Gasteiger partial charge is 0.406 e. The minimum Gasteiger partial charge on any atom is -0.406 e. The lowest BCUT2D eigenvalue weighted by Crippen LogP contribution is -2.60. The topological polar surface area (TPSA) is 108 Å². The summed E-state index contributed by atoms with van der Waals surface area (Å²) in [5.74, 6) is -0.820. The number of nitrogens with zero attached hydrogens (tertiary/aromatic N) is 2. The molecule has 5 rings (SSSR count). The molecule has 0 aliphatic carbocycles. The van der Waals surface area contributed by atoms with Gasteiger partial charge in [-0.15, -0.1) is 13.2 Å². The summed E-state index contributed by atoms with van der Waals surface area (Å²) in [4.78, 5) is 13.9. The van der Waals surface area contributed by atoms with Gasteiger partial charge in [0.25, 0.3) is 0 Å². The van der Waals surface area contributed by atoms with Crippen LogP contribution in [0.25, 0.3) is 21.8 Å². The van der Waals surface area contributed by atoms with Crippen LogP contribution in [-0.2, 0) is 14.7 Å². The molecule has 8 nitrogen and oxygen atoms in total. The Hall–Kier alpha value is -3.03. The number of halogens is 5. The fourth-order valence-electron chi connectivity index (χ4n) is 5.09. The lowest BCUT2D eigenvalue weighted by atomic mass is 9.97. The summed E-state index contributed by atoms with van der Waals surface area (Å²) in [6.07, 6.45) is -6.12. The second-order valence-electron chi connectivity index (χ2n) is 9.47. The van der Waals surface area contributed by atoms with Gasteiger partial charge in [0.15, 0.2) is 0 Å². The number of aliphatic hydroxyl groups excluding tert-OH is 1. The summed E-state index contributed by atoms with van der Waals surface area (Å²) in [6, 6.07) is 12.9. The van der Waals surface area contributed by atoms with Crippen molar-refractivity contribution in [2.24, 2.45) is 0 Å². The number of piperidine rings is 1. The number of amides is 1. The van der Waals surface area contributed by atoms with Gasteiger partial charge in [-0.2, -0.15) is 0 Å². The van der Waals surface area contributed by atoms with E-state index in [1.807, 2.05) is 4.57 Å². The highest BCUT2D eigenvalue weighted by Gasteiger charge is 2.40. The van der Waals surface area contributed by atoms with E-state index in [4.69, 9.17) is 28.0 Å². The molecular weight excluding hydrogens is 592 g/mol. The zero-order valence-corrected chi connectivity index (χ0v) is 23.1. The Balaban J connectivity index is 1.53. The number of hydrogen-bond acceptors (Lipinski definition) is 5. The lowest BCUT2D eigenvalue weighted by molar-refractivity contribution is -0.274. The van der Waals surface area contributed by atoms with E-state index in [-0.39, 0.29) is 23.9 Å². The number of carbonyl (C=O) groups is 1. The van der Waals surface area contributed by atoms with E-state index in [1.54, 1.807) is 36.4 Å². The minimum atomic E-state index is -4.90. The molecule has 4 unspecified atom stereocenters. The highest BCUT2D eigenvalue weighted by molar-refractivity contribution is 7.90. The molecule has 212 valence electrons. The third-order valence-corrected chi connectivity index (χ3v) is 8.88. The summed E-state index contributed by atoms with van der Waals surface area (Å²) >= 11 is 12.5. The van der Waals surface area contributed by atoms with Crippen molar-refractivity contribution in [3.63, 3.8) is 0 Å². The first-order chi connectivity index (χ1) is 18.7. The van der Waals surface area contributed by atoms with Gasteiger partial charge in [-0.25, -0.2) is 13.7 Å². The highest BCUT2D eigenvalue weighted by Crippen LogP contribution is 2.38. The van der Waals surface area contributed by atoms with Gasteiger partial charge in [-0.05, 0) is 60.7 Å². The van der Waals surface area contributed by atoms with Crippen LogP contribution in [-0.4, -0.2) is 56.3 Å². The van der Waals surface area contributed by atoms with Crippen LogP contribution in [0.4, 0.5) is 13.2 Å². The molecule has 1 aromatic heterocycles. The fourth-order valence-corrected chi connectivity index (χ4v) is 6.73. The standard InChI is InChI=1S/C26H23Cl2F3N4O4S/c1-14(36)34-12-21(33-40(32,38)18-6-4-17(5-7-18)39-26(29,30)31)25(37)24(13-34)35-22-8-2-15(27)10-19(22)20-11-16(28)3-9-23(20)35/h2-11,21,24-25,37H,12-13H2,1H3,(H2,32,33,38). The molecule has 1 aliphatic heterocycles. The molecule has 4 aromatic rings. The van der Waals surface area contributed by atoms with E-state index in [0.717, 1.165) is 46.1 Å². The Morgan fingerprint density at radius 1 is 1.02 bits per heavy atom. The quantitative estimate of drug-likeness (QED) is 0.266. The molecule has 0 radical (unpaired) electrons. The number of carbonyl (C=O) groups excluding carboxylic acids is 1. The Morgan fingerprint density at radius 3 is 2.08 bits per heavy atom. The first-order valence-corrected chi connectivity index (χ1v) is 14.3. The van der Waals surface area contributed by atoms with Crippen LogP contribution in [0.15, 0.2) is 65.6 Å². The molecule has 0 spiro atoms. The van der Waals surface area contributed by atoms with Crippen molar-refractivity contribution in [1.82, 2.24) is 14.2 Å². The molecule has 1 aliphatic rings. The van der Waals surface area contributed by atoms with Crippen molar-refractivity contribution >= 4 is 60.8 Å². The first kappa shape index (κ1) is 28.5. The van der Waals surface area contributed by atoms with Crippen LogP contribution in [0.3, 0.4) is 0 Å². The van der Waals surface area contributed by atoms with Crippen LogP contribution in [0.2, 0.25) is 10.0 Å². The largest absolute Gasteiger partial charge is 0.573 e. The number of hydrogen-bond donors (Lipinski definition) is 3. The van der Waals surface area contributed by atoms with E-state index in [2.05, 4.69) is 9.46 Å². The second kappa shape index (κ2) is 10.4. The first-order valence-electron chi connectivity index (χ1n) is 12.0. The van der Waals surface area contributed by atoms with E-state index in [1.165, 1.54) is 11.8 Å². The molecule has 3 N–H and O–H groups in total. The van der Waals surface area contributed by atoms with Crippen molar-refractivity contribution in [2.75, 3.05) is 13.1 Å². The van der Waals surface area contributed by atoms with Crippen LogP contribution >= 0.6 is 23.2 Å². The maximum absolute atomic E-state index is 13.4. The number of nitrogens with one attached hydrogen (secondary N) is 2. The van der Waals surface area contributed by atoms with Crippen molar-refractivity contribution < 1.29 is 32.0 Å². The summed E-state index contributed by atoms with van der Waals surface area (Å²) in [7, 11) is -3.82. The molecule has 14 heteroatoms. The number of aliphatic hydroxyl groups is 1. The Labute approximate surface area is 237 Å². The average Bonchev–Trinajstić information content (AvgIpc) is 3.17. The molecule has 1 fully saturated rings. The third kappa shape index (κ3) is 5.59. The molecule has 2 heterocycles. The zero-order valence-electron chi connectivity index (χ0n) is 20.8. The van der Waals surface area contributed by atoms with Gasteiger partial charge in [-0.3, -0.25) is 4.79 Å². The predicted octanol–water partition coefficient (Wildman–Crippen LogP) is 5.74. The van der Waals surface area contributed by atoms with E-state index >= 15 is 0 Å². The average molecular weight is 615 g/mol. The van der Waals surface area contributed by atoms with Gasteiger partial charge < -0.3 is 19.3 Å². The van der Waals surface area contributed by atoms with Gasteiger partial charge in [0.2, 0.25) is 5.91 Å². The minimum absolute atomic E-state index is 0.0487. The summed E-state index contributed by atoms with van der Waals surface area (Å²) in [5.41, 5.74) is 1.45. The highest BCUT2D eigenvalue weighted by atomic mass is 35.5. The Kier molecular flexibility index (Phi) is 7.42. The fraction of sp³-hybridized carbons (Fsp3) is 0.269. The monoisotopic (exact) mass is 614 g/mol. The summed E-state index contributed by atoms with van der Waals surface area (Å²) in [6.45, 7) is 1.45. The molecule has 0 bridgehead atoms. The van der Waals surface area contributed by atoms with Crippen LogP contribution in [0.5, 0.6) is 5.75 Å². The van der Waals surface area contributed by atoms with Gasteiger partial charge in [0.05, 0.1) is 23.1 Å². The van der Waals surface area contributed by atoms with Crippen molar-refractivity contribution in [1.29, 1.82) is 4.78 Å². The van der Waals surface area contributed by atoms with Crippen LogP contribution < -0.4 is 9.46 Å². The third-order valence-electron chi connectivity index (χ3n) is 6.84. The summed E-state index contributed by atoms with van der Waals surface area (Å²) < 4.78 is 67.8. The maximum atomic E-state index is 13.4. The summed E-state index contributed by atoms with van der Waals surface area (Å²) in [5, 5.41) is 14.2. The number of alkyl halides is 3. The van der Waals surface area contributed by atoms with Crippen LogP contribution in [0, 0.1) is 4.78 Å². The molecular formula is C26H23Cl2F3N4O4S. The molecule has 40 heavy (non-hydrogen) atoms. The zero-order chi connectivity index (χ0) is 29.0. The number of fused-ring (bicyclic) bond motifs is 3. The normalized spacial score (nSPS) is 21.5. The van der Waals surface area contributed by atoms with Crippen molar-refractivity contribution in [2.45, 2.75) is 36.4 Å². The molecule has 4 atom stereocenters. The van der Waals surface area contributed by atoms with E-state index in [0.29, 0.717) is 10.0 Å². The van der Waals surface area contributed by atoms with Gasteiger partial charge in [0.1, 0.15) is 15.7 Å². The number of likely N-dealkylation sites (tertiary alicyclic amines) is 1. The van der Waals surface area contributed by atoms with Crippen molar-refractivity contribution in [3.05, 3.63) is 70.7 Å². The van der Waals surface area contributed by atoms with Gasteiger partial charge in [-0.1, -0.05) is 23.2 Å². The Bertz CT molecular complexity index is 1650. The number of benzene rings is 3. The van der Waals surface area contributed by atoms with E-state index < -0.39 is 40.2 Å². The van der Waals surface area contributed by atoms with Gasteiger partial charge >= 0.3 is 6.36 Å². The number of ether oxygens (including phenoxy) is 1. The Morgan fingerprint density at radius 2 is 1.57 bits per heavy atom. The van der Waals surface area contributed by atoms with E-state index in [9.17, 15) is 27.3 Å². The van der Waals surface area contributed by atoms with Gasteiger partial charge in [0, 0.05) is 51.9 Å². The SMILES string of the molecule is CC(=O)N1CC(NS(=N)(=O)c2ccc(OC(F)(F)F)cc2)C(O)C(n2c3ccc(Cl)cc3c3cc(Cl)ccc32)C1.